The van der Waals surface area contributed by atoms with Gasteiger partial charge in [-0.15, -0.1) is 0 Å². The Morgan fingerprint density at radius 3 is 2.69 bits per heavy atom. The molecule has 0 radical (unpaired) electrons. The first-order valence-corrected chi connectivity index (χ1v) is 8.90. The van der Waals surface area contributed by atoms with Crippen molar-refractivity contribution in [2.45, 2.75) is 0 Å². The van der Waals surface area contributed by atoms with E-state index in [-0.39, 0.29) is 18.2 Å². The Hall–Kier alpha value is -3.65. The summed E-state index contributed by atoms with van der Waals surface area (Å²) >= 11 is 6.07. The average Bonchev–Trinajstić information content (AvgIpc) is 2.71. The molecule has 0 saturated carbocycles. The number of nitrogens with zero attached hydrogens (tertiary/aromatic N) is 2. The number of ether oxygens (including phenoxy) is 2. The van der Waals surface area contributed by atoms with E-state index in [1.165, 1.54) is 6.21 Å². The lowest BCUT2D eigenvalue weighted by Gasteiger charge is -2.07. The number of pyridine rings is 1. The van der Waals surface area contributed by atoms with Crippen molar-refractivity contribution < 1.29 is 19.1 Å². The Labute approximate surface area is 171 Å². The van der Waals surface area contributed by atoms with Crippen LogP contribution < -0.4 is 20.6 Å². The zero-order chi connectivity index (χ0) is 20.6. The molecule has 2 amide bonds. The van der Waals surface area contributed by atoms with Gasteiger partial charge < -0.3 is 15.2 Å². The normalized spacial score (nSPS) is 10.8. The second kappa shape index (κ2) is 9.52. The highest BCUT2D eigenvalue weighted by Crippen LogP contribution is 2.25. The standard InChI is InChI=1S/C20H17ClN4O4/c21-15-9-13(6-7-16(15)28-11-18(22)26)10-24-25-19(27)12-29-17-5-1-3-14-4-2-8-23-20(14)17/h1-10H,11-12H2,(H2,22,26)(H,25,27). The first kappa shape index (κ1) is 20.1. The van der Waals surface area contributed by atoms with Crippen molar-refractivity contribution in [3.63, 3.8) is 0 Å². The van der Waals surface area contributed by atoms with Crippen LogP contribution in [0.15, 0.2) is 59.8 Å². The van der Waals surface area contributed by atoms with Gasteiger partial charge >= 0.3 is 0 Å². The Balaban J connectivity index is 1.53. The molecule has 0 saturated heterocycles. The first-order chi connectivity index (χ1) is 14.0. The van der Waals surface area contributed by atoms with E-state index in [1.54, 1.807) is 30.5 Å². The van der Waals surface area contributed by atoms with Crippen LogP contribution in [0, 0.1) is 0 Å². The molecule has 1 heterocycles. The van der Waals surface area contributed by atoms with E-state index in [4.69, 9.17) is 26.8 Å². The Morgan fingerprint density at radius 2 is 1.90 bits per heavy atom. The summed E-state index contributed by atoms with van der Waals surface area (Å²) in [5.74, 6) is -0.193. The van der Waals surface area contributed by atoms with Crippen molar-refractivity contribution in [1.82, 2.24) is 10.4 Å². The zero-order valence-electron chi connectivity index (χ0n) is 15.2. The highest BCUT2D eigenvalue weighted by molar-refractivity contribution is 6.32. The number of para-hydroxylation sites is 1. The Kier molecular flexibility index (Phi) is 6.59. The third-order valence-corrected chi connectivity index (χ3v) is 3.98. The third-order valence-electron chi connectivity index (χ3n) is 3.68. The van der Waals surface area contributed by atoms with Gasteiger partial charge in [0.05, 0.1) is 11.2 Å². The zero-order valence-corrected chi connectivity index (χ0v) is 15.9. The maximum Gasteiger partial charge on any atom is 0.277 e. The van der Waals surface area contributed by atoms with Gasteiger partial charge in [-0.2, -0.15) is 5.10 Å². The largest absolute Gasteiger partial charge is 0.482 e. The number of halogens is 1. The van der Waals surface area contributed by atoms with Gasteiger partial charge in [-0.3, -0.25) is 14.6 Å². The van der Waals surface area contributed by atoms with E-state index in [1.807, 2.05) is 24.3 Å². The first-order valence-electron chi connectivity index (χ1n) is 8.52. The van der Waals surface area contributed by atoms with E-state index >= 15 is 0 Å². The molecule has 0 bridgehead atoms. The van der Waals surface area contributed by atoms with Gasteiger partial charge in [-0.05, 0) is 35.9 Å². The third kappa shape index (κ3) is 5.66. The van der Waals surface area contributed by atoms with Crippen LogP contribution in [0.1, 0.15) is 5.56 Å². The fourth-order valence-corrected chi connectivity index (χ4v) is 2.65. The number of carbonyl (C=O) groups is 2. The van der Waals surface area contributed by atoms with Crippen molar-refractivity contribution in [3.8, 4) is 11.5 Å². The molecule has 0 spiro atoms. The van der Waals surface area contributed by atoms with Crippen LogP contribution in [0.5, 0.6) is 11.5 Å². The van der Waals surface area contributed by atoms with Crippen molar-refractivity contribution in [1.29, 1.82) is 0 Å². The van der Waals surface area contributed by atoms with Crippen LogP contribution in [0.25, 0.3) is 10.9 Å². The summed E-state index contributed by atoms with van der Waals surface area (Å²) < 4.78 is 10.7. The summed E-state index contributed by atoms with van der Waals surface area (Å²) in [5.41, 5.74) is 8.70. The van der Waals surface area contributed by atoms with Gasteiger partial charge in [-0.25, -0.2) is 5.43 Å². The van der Waals surface area contributed by atoms with Crippen LogP contribution in [0.3, 0.4) is 0 Å². The SMILES string of the molecule is NC(=O)COc1ccc(C=NNC(=O)COc2cccc3cccnc23)cc1Cl. The minimum Gasteiger partial charge on any atom is -0.482 e. The molecule has 29 heavy (non-hydrogen) atoms. The second-order valence-electron chi connectivity index (χ2n) is 5.86. The minimum absolute atomic E-state index is 0.215. The van der Waals surface area contributed by atoms with Gasteiger partial charge in [0.1, 0.15) is 17.0 Å². The van der Waals surface area contributed by atoms with Crippen LogP contribution >= 0.6 is 11.6 Å². The summed E-state index contributed by atoms with van der Waals surface area (Å²) in [7, 11) is 0. The molecule has 1 aromatic heterocycles. The molecule has 9 heteroatoms. The number of aromatic nitrogens is 1. The minimum atomic E-state index is -0.601. The number of fused-ring (bicyclic) bond motifs is 1. The van der Waals surface area contributed by atoms with E-state index in [0.29, 0.717) is 22.6 Å². The lowest BCUT2D eigenvalue weighted by Crippen LogP contribution is -2.24. The Bertz CT molecular complexity index is 1070. The number of hydrazone groups is 1. The van der Waals surface area contributed by atoms with Gasteiger partial charge in [-0.1, -0.05) is 29.8 Å². The molecule has 0 fully saturated rings. The van der Waals surface area contributed by atoms with Crippen molar-refractivity contribution in [2.75, 3.05) is 13.2 Å². The number of amides is 2. The average molecular weight is 413 g/mol. The molecule has 0 aliphatic heterocycles. The molecule has 3 aromatic rings. The summed E-state index contributed by atoms with van der Waals surface area (Å²) in [4.78, 5) is 27.0. The molecule has 148 valence electrons. The summed E-state index contributed by atoms with van der Waals surface area (Å²) in [6.07, 6.45) is 3.08. The number of primary amides is 1. The summed E-state index contributed by atoms with van der Waals surface area (Å²) in [6, 6.07) is 14.0. The van der Waals surface area contributed by atoms with Gasteiger partial charge in [0.15, 0.2) is 13.2 Å². The lowest BCUT2D eigenvalue weighted by atomic mass is 10.2. The predicted molar refractivity (Wildman–Crippen MR) is 109 cm³/mol. The predicted octanol–water partition coefficient (Wildman–Crippen LogP) is 2.28. The highest BCUT2D eigenvalue weighted by Gasteiger charge is 2.07. The maximum absolute atomic E-state index is 12.0. The molecular formula is C20H17ClN4O4. The quantitative estimate of drug-likeness (QED) is 0.435. The van der Waals surface area contributed by atoms with Gasteiger partial charge in [0.25, 0.3) is 11.8 Å². The van der Waals surface area contributed by atoms with Crippen LogP contribution in [-0.4, -0.2) is 36.2 Å². The number of hydrogen-bond acceptors (Lipinski definition) is 6. The fourth-order valence-electron chi connectivity index (χ4n) is 2.41. The van der Waals surface area contributed by atoms with Crippen molar-refractivity contribution >= 4 is 40.5 Å². The van der Waals surface area contributed by atoms with E-state index in [2.05, 4.69) is 15.5 Å². The number of hydrogen-bond donors (Lipinski definition) is 2. The molecule has 8 nitrogen and oxygen atoms in total. The monoisotopic (exact) mass is 412 g/mol. The highest BCUT2D eigenvalue weighted by atomic mass is 35.5. The summed E-state index contributed by atoms with van der Waals surface area (Å²) in [6.45, 7) is -0.483. The number of benzene rings is 2. The lowest BCUT2D eigenvalue weighted by molar-refractivity contribution is -0.123. The molecule has 3 N–H and O–H groups in total. The number of carbonyl (C=O) groups excluding carboxylic acids is 2. The number of nitrogens with two attached hydrogens (primary N) is 1. The molecule has 0 aliphatic rings. The van der Waals surface area contributed by atoms with E-state index < -0.39 is 11.8 Å². The fraction of sp³-hybridized carbons (Fsp3) is 0.100. The van der Waals surface area contributed by atoms with E-state index in [0.717, 1.165) is 5.39 Å². The van der Waals surface area contributed by atoms with Crippen LogP contribution in [0.4, 0.5) is 0 Å². The van der Waals surface area contributed by atoms with Crippen LogP contribution in [-0.2, 0) is 9.59 Å². The topological polar surface area (TPSA) is 116 Å². The van der Waals surface area contributed by atoms with Gasteiger partial charge in [0.2, 0.25) is 0 Å². The molecule has 0 atom stereocenters. The van der Waals surface area contributed by atoms with Crippen molar-refractivity contribution in [3.05, 3.63) is 65.3 Å². The molecular weight excluding hydrogens is 396 g/mol. The Morgan fingerprint density at radius 1 is 1.10 bits per heavy atom. The molecule has 3 rings (SSSR count). The van der Waals surface area contributed by atoms with Crippen molar-refractivity contribution in [2.24, 2.45) is 10.8 Å². The van der Waals surface area contributed by atoms with E-state index in [9.17, 15) is 9.59 Å². The van der Waals surface area contributed by atoms with Crippen LogP contribution in [0.2, 0.25) is 5.02 Å². The molecule has 0 unspecified atom stereocenters. The molecule has 0 aliphatic carbocycles. The summed E-state index contributed by atoms with van der Waals surface area (Å²) in [5, 5.41) is 5.07. The molecule has 2 aromatic carbocycles. The maximum atomic E-state index is 12.0. The smallest absolute Gasteiger partial charge is 0.277 e. The number of rotatable bonds is 8. The number of nitrogens with one attached hydrogen (secondary N) is 1. The second-order valence-corrected chi connectivity index (χ2v) is 6.27. The van der Waals surface area contributed by atoms with Gasteiger partial charge in [0, 0.05) is 11.6 Å².